The van der Waals surface area contributed by atoms with Crippen LogP contribution in [0.1, 0.15) is 25.3 Å². The van der Waals surface area contributed by atoms with Crippen molar-refractivity contribution < 1.29 is 9.50 Å². The summed E-state index contributed by atoms with van der Waals surface area (Å²) in [5.41, 5.74) is -0.589. The zero-order valence-corrected chi connectivity index (χ0v) is 8.68. The smallest absolute Gasteiger partial charge is 0.130 e. The number of halogens is 2. The Morgan fingerprint density at radius 1 is 1.50 bits per heavy atom. The molecule has 0 radical (unpaired) electrons. The van der Waals surface area contributed by atoms with E-state index in [-0.39, 0.29) is 0 Å². The van der Waals surface area contributed by atoms with Gasteiger partial charge in [0.05, 0.1) is 5.60 Å². The van der Waals surface area contributed by atoms with Gasteiger partial charge in [0.15, 0.2) is 0 Å². The molecule has 0 amide bonds. The van der Waals surface area contributed by atoms with Crippen molar-refractivity contribution in [2.24, 2.45) is 5.92 Å². The summed E-state index contributed by atoms with van der Waals surface area (Å²) < 4.78 is 13.4. The number of hydrogen-bond donors (Lipinski definition) is 1. The second kappa shape index (κ2) is 3.21. The summed E-state index contributed by atoms with van der Waals surface area (Å²) in [5, 5.41) is 10.4. The predicted octanol–water partition coefficient (Wildman–Crippen LogP) is 3.10. The summed E-state index contributed by atoms with van der Waals surface area (Å²) in [5.74, 6) is 0.0574. The molecule has 1 aliphatic rings. The molecule has 2 rings (SSSR count). The molecule has 14 heavy (non-hydrogen) atoms. The van der Waals surface area contributed by atoms with Gasteiger partial charge in [0.25, 0.3) is 0 Å². The van der Waals surface area contributed by atoms with Crippen molar-refractivity contribution >= 4 is 11.6 Å². The summed E-state index contributed by atoms with van der Waals surface area (Å²) in [6.07, 6.45) is 1.26. The fourth-order valence-electron chi connectivity index (χ4n) is 2.18. The molecule has 0 spiro atoms. The minimum Gasteiger partial charge on any atom is -0.385 e. The first-order chi connectivity index (χ1) is 6.51. The second-order valence-corrected chi connectivity index (χ2v) is 4.61. The molecule has 3 heteroatoms. The van der Waals surface area contributed by atoms with Crippen LogP contribution >= 0.6 is 11.6 Å². The van der Waals surface area contributed by atoms with E-state index in [0.717, 1.165) is 0 Å². The van der Waals surface area contributed by atoms with Crippen LogP contribution in [0.15, 0.2) is 18.2 Å². The second-order valence-electron chi connectivity index (χ2n) is 4.17. The van der Waals surface area contributed by atoms with Crippen LogP contribution in [0.5, 0.6) is 0 Å². The SMILES string of the molecule is CC1CC(O)(c2ccc(Cl)cc2F)C1. The van der Waals surface area contributed by atoms with Crippen molar-refractivity contribution in [3.05, 3.63) is 34.6 Å². The molecule has 1 aromatic carbocycles. The minimum absolute atomic E-state index is 0.363. The van der Waals surface area contributed by atoms with E-state index in [0.29, 0.717) is 29.3 Å². The van der Waals surface area contributed by atoms with Crippen LogP contribution < -0.4 is 0 Å². The van der Waals surface area contributed by atoms with Gasteiger partial charge in [-0.05, 0) is 30.9 Å². The monoisotopic (exact) mass is 214 g/mol. The largest absolute Gasteiger partial charge is 0.385 e. The fourth-order valence-corrected chi connectivity index (χ4v) is 2.34. The zero-order valence-electron chi connectivity index (χ0n) is 7.93. The maximum absolute atomic E-state index is 13.4. The van der Waals surface area contributed by atoms with E-state index in [1.165, 1.54) is 6.07 Å². The summed E-state index contributed by atoms with van der Waals surface area (Å²) in [6, 6.07) is 4.43. The highest BCUT2D eigenvalue weighted by Gasteiger charge is 2.43. The Hall–Kier alpha value is -0.600. The molecular weight excluding hydrogens is 203 g/mol. The first-order valence-corrected chi connectivity index (χ1v) is 5.07. The van der Waals surface area contributed by atoms with E-state index >= 15 is 0 Å². The Morgan fingerprint density at radius 3 is 2.64 bits per heavy atom. The van der Waals surface area contributed by atoms with Gasteiger partial charge in [-0.3, -0.25) is 0 Å². The van der Waals surface area contributed by atoms with Crippen molar-refractivity contribution in [2.75, 3.05) is 0 Å². The highest BCUT2D eigenvalue weighted by molar-refractivity contribution is 6.30. The van der Waals surface area contributed by atoms with Gasteiger partial charge in [0, 0.05) is 10.6 Å². The van der Waals surface area contributed by atoms with Crippen molar-refractivity contribution in [3.63, 3.8) is 0 Å². The van der Waals surface area contributed by atoms with Crippen molar-refractivity contribution in [2.45, 2.75) is 25.4 Å². The third kappa shape index (κ3) is 1.53. The predicted molar refractivity (Wildman–Crippen MR) is 53.7 cm³/mol. The van der Waals surface area contributed by atoms with E-state index < -0.39 is 11.4 Å². The third-order valence-electron chi connectivity index (χ3n) is 2.80. The Kier molecular flexibility index (Phi) is 2.28. The molecule has 0 unspecified atom stereocenters. The maximum Gasteiger partial charge on any atom is 0.130 e. The molecule has 0 atom stereocenters. The summed E-state index contributed by atoms with van der Waals surface area (Å²) >= 11 is 5.64. The number of hydrogen-bond acceptors (Lipinski definition) is 1. The van der Waals surface area contributed by atoms with Crippen LogP contribution in [0.4, 0.5) is 4.39 Å². The van der Waals surface area contributed by atoms with Crippen LogP contribution in [-0.4, -0.2) is 5.11 Å². The normalized spacial score (nSPS) is 31.3. The molecule has 1 aliphatic carbocycles. The molecule has 76 valence electrons. The van der Waals surface area contributed by atoms with Gasteiger partial charge in [-0.1, -0.05) is 24.6 Å². The first-order valence-electron chi connectivity index (χ1n) is 4.69. The average molecular weight is 215 g/mol. The van der Waals surface area contributed by atoms with E-state index in [2.05, 4.69) is 0 Å². The molecule has 1 aromatic rings. The summed E-state index contributed by atoms with van der Waals surface area (Å²) in [7, 11) is 0. The summed E-state index contributed by atoms with van der Waals surface area (Å²) in [4.78, 5) is 0. The van der Waals surface area contributed by atoms with Gasteiger partial charge in [0.1, 0.15) is 5.82 Å². The molecular formula is C11H12ClFO. The van der Waals surface area contributed by atoms with Crippen LogP contribution in [0, 0.1) is 11.7 Å². The highest BCUT2D eigenvalue weighted by Crippen LogP contribution is 2.46. The molecule has 0 bridgehead atoms. The van der Waals surface area contributed by atoms with Crippen molar-refractivity contribution in [1.82, 2.24) is 0 Å². The zero-order chi connectivity index (χ0) is 10.3. The molecule has 1 fully saturated rings. The lowest BCUT2D eigenvalue weighted by atomic mass is 9.68. The quantitative estimate of drug-likeness (QED) is 0.762. The average Bonchev–Trinajstić information content (AvgIpc) is 2.00. The van der Waals surface area contributed by atoms with Crippen LogP contribution in [0.3, 0.4) is 0 Å². The Bertz CT molecular complexity index is 358. The molecule has 1 nitrogen and oxygen atoms in total. The Morgan fingerprint density at radius 2 is 2.14 bits per heavy atom. The highest BCUT2D eigenvalue weighted by atomic mass is 35.5. The molecule has 0 heterocycles. The third-order valence-corrected chi connectivity index (χ3v) is 3.04. The van der Waals surface area contributed by atoms with E-state index in [4.69, 9.17) is 11.6 Å². The maximum atomic E-state index is 13.4. The molecule has 1 saturated carbocycles. The molecule has 1 N–H and O–H groups in total. The molecule has 0 saturated heterocycles. The summed E-state index contributed by atoms with van der Waals surface area (Å²) in [6.45, 7) is 2.04. The number of rotatable bonds is 1. The molecule has 0 aromatic heterocycles. The van der Waals surface area contributed by atoms with Gasteiger partial charge in [-0.15, -0.1) is 0 Å². The fraction of sp³-hybridized carbons (Fsp3) is 0.455. The molecule has 0 aliphatic heterocycles. The topological polar surface area (TPSA) is 20.2 Å². The first kappa shape index (κ1) is 9.94. The number of benzene rings is 1. The van der Waals surface area contributed by atoms with Gasteiger partial charge in [0.2, 0.25) is 0 Å². The van der Waals surface area contributed by atoms with Gasteiger partial charge in [-0.25, -0.2) is 4.39 Å². The lowest BCUT2D eigenvalue weighted by Gasteiger charge is -2.42. The Balaban J connectivity index is 2.33. The van der Waals surface area contributed by atoms with Gasteiger partial charge in [-0.2, -0.15) is 0 Å². The van der Waals surface area contributed by atoms with E-state index in [1.807, 2.05) is 6.92 Å². The van der Waals surface area contributed by atoms with Crippen molar-refractivity contribution in [1.29, 1.82) is 0 Å². The lowest BCUT2D eigenvalue weighted by Crippen LogP contribution is -2.40. The standard InChI is InChI=1S/C11H12ClFO/c1-7-5-11(14,6-7)9-3-2-8(12)4-10(9)13/h2-4,7,14H,5-6H2,1H3. The lowest BCUT2D eigenvalue weighted by molar-refractivity contribution is -0.0762. The van der Waals surface area contributed by atoms with Crippen LogP contribution in [-0.2, 0) is 5.60 Å². The van der Waals surface area contributed by atoms with Gasteiger partial charge < -0.3 is 5.11 Å². The van der Waals surface area contributed by atoms with E-state index in [1.54, 1.807) is 12.1 Å². The number of aliphatic hydroxyl groups is 1. The van der Waals surface area contributed by atoms with Crippen LogP contribution in [0.25, 0.3) is 0 Å². The minimum atomic E-state index is -0.964. The van der Waals surface area contributed by atoms with Gasteiger partial charge >= 0.3 is 0 Å². The van der Waals surface area contributed by atoms with Crippen LogP contribution in [0.2, 0.25) is 5.02 Å². The van der Waals surface area contributed by atoms with E-state index in [9.17, 15) is 9.50 Å². The Labute approximate surface area is 87.5 Å². The van der Waals surface area contributed by atoms with Crippen molar-refractivity contribution in [3.8, 4) is 0 Å².